The highest BCUT2D eigenvalue weighted by Crippen LogP contribution is 2.30. The molecule has 118 valence electrons. The van der Waals surface area contributed by atoms with Crippen LogP contribution in [0.2, 0.25) is 0 Å². The molecule has 1 N–H and O–H groups in total. The van der Waals surface area contributed by atoms with E-state index < -0.39 is 0 Å². The van der Waals surface area contributed by atoms with E-state index in [0.29, 0.717) is 18.9 Å². The van der Waals surface area contributed by atoms with E-state index in [-0.39, 0.29) is 30.5 Å². The third kappa shape index (κ3) is 4.35. The van der Waals surface area contributed by atoms with Crippen molar-refractivity contribution in [2.24, 2.45) is 0 Å². The molecule has 1 fully saturated rings. The summed E-state index contributed by atoms with van der Waals surface area (Å²) >= 11 is 0. The van der Waals surface area contributed by atoms with E-state index in [1.807, 2.05) is 18.2 Å². The van der Waals surface area contributed by atoms with Crippen molar-refractivity contribution in [3.8, 4) is 5.75 Å². The van der Waals surface area contributed by atoms with Gasteiger partial charge in [0.05, 0.1) is 7.11 Å². The number of ether oxygens (including phenoxy) is 2. The zero-order chi connectivity index (χ0) is 14.5. The van der Waals surface area contributed by atoms with Gasteiger partial charge in [-0.05, 0) is 24.0 Å². The normalized spacial score (nSPS) is 22.2. The number of nitrogens with one attached hydrogen (secondary N) is 1. The fourth-order valence-corrected chi connectivity index (χ4v) is 2.51. The molecule has 3 atom stereocenters. The molecule has 21 heavy (non-hydrogen) atoms. The summed E-state index contributed by atoms with van der Waals surface area (Å²) in [4.78, 5) is 11.5. The lowest BCUT2D eigenvalue weighted by atomic mass is 9.98. The third-order valence-electron chi connectivity index (χ3n) is 3.93. The van der Waals surface area contributed by atoms with E-state index in [1.165, 1.54) is 12.7 Å². The number of carbonyl (C=O) groups is 1. The van der Waals surface area contributed by atoms with Gasteiger partial charge in [-0.3, -0.25) is 4.79 Å². The minimum absolute atomic E-state index is 0. The van der Waals surface area contributed by atoms with Crippen molar-refractivity contribution in [3.05, 3.63) is 29.8 Å². The van der Waals surface area contributed by atoms with Crippen LogP contribution in [0.25, 0.3) is 0 Å². The van der Waals surface area contributed by atoms with Crippen LogP contribution < -0.4 is 10.1 Å². The van der Waals surface area contributed by atoms with Crippen LogP contribution in [0.4, 0.5) is 0 Å². The largest absolute Gasteiger partial charge is 0.489 e. The van der Waals surface area contributed by atoms with Crippen LogP contribution in [0.3, 0.4) is 0 Å². The van der Waals surface area contributed by atoms with Gasteiger partial charge in [-0.2, -0.15) is 0 Å². The predicted octanol–water partition coefficient (Wildman–Crippen LogP) is 2.90. The molecule has 1 aliphatic heterocycles. The standard InChI is InChI=1S/C16H23NO3.ClH/c1-4-11(2)13-7-5-6-8-15(13)20-12-9-14(17-10-12)16(18)19-3;/h5-8,11-12,14,17H,4,9-10H2,1-3H3;1H/t11?,12-,14-;/m0./s1. The second kappa shape index (κ2) is 8.25. The lowest BCUT2D eigenvalue weighted by Gasteiger charge is -2.19. The molecule has 1 aromatic carbocycles. The first-order chi connectivity index (χ1) is 9.65. The summed E-state index contributed by atoms with van der Waals surface area (Å²) in [6.07, 6.45) is 1.75. The molecule has 0 aromatic heterocycles. The maximum absolute atomic E-state index is 11.5. The Morgan fingerprint density at radius 1 is 1.43 bits per heavy atom. The minimum Gasteiger partial charge on any atom is -0.489 e. The fraction of sp³-hybridized carbons (Fsp3) is 0.562. The van der Waals surface area contributed by atoms with Gasteiger partial charge in [0.2, 0.25) is 0 Å². The van der Waals surface area contributed by atoms with Crippen molar-refractivity contribution in [1.29, 1.82) is 0 Å². The lowest BCUT2D eigenvalue weighted by molar-refractivity contribution is -0.142. The SMILES string of the molecule is CCC(C)c1ccccc1O[C@@H]1CN[C@H](C(=O)OC)C1.Cl. The molecule has 1 heterocycles. The first kappa shape index (κ1) is 17.8. The minimum atomic E-state index is -0.249. The smallest absolute Gasteiger partial charge is 0.323 e. The summed E-state index contributed by atoms with van der Waals surface area (Å²) in [7, 11) is 1.41. The van der Waals surface area contributed by atoms with E-state index in [1.54, 1.807) is 0 Å². The maximum atomic E-state index is 11.5. The van der Waals surface area contributed by atoms with E-state index in [0.717, 1.165) is 12.2 Å². The van der Waals surface area contributed by atoms with Gasteiger partial charge in [-0.25, -0.2) is 0 Å². The van der Waals surface area contributed by atoms with Gasteiger partial charge in [0, 0.05) is 13.0 Å². The number of esters is 1. The molecule has 0 amide bonds. The van der Waals surface area contributed by atoms with Gasteiger partial charge in [0.1, 0.15) is 17.9 Å². The van der Waals surface area contributed by atoms with Gasteiger partial charge in [-0.15, -0.1) is 12.4 Å². The molecule has 1 aromatic rings. The number of halogens is 1. The van der Waals surface area contributed by atoms with Crippen molar-refractivity contribution < 1.29 is 14.3 Å². The monoisotopic (exact) mass is 313 g/mol. The zero-order valence-corrected chi connectivity index (χ0v) is 13.6. The Balaban J connectivity index is 0.00000220. The van der Waals surface area contributed by atoms with Crippen LogP contribution in [-0.4, -0.2) is 31.8 Å². The molecular formula is C16H24ClNO3. The van der Waals surface area contributed by atoms with Crippen LogP contribution >= 0.6 is 12.4 Å². The maximum Gasteiger partial charge on any atom is 0.323 e. The molecule has 0 spiro atoms. The molecule has 4 nitrogen and oxygen atoms in total. The van der Waals surface area contributed by atoms with Crippen LogP contribution in [0.15, 0.2) is 24.3 Å². The number of hydrogen-bond donors (Lipinski definition) is 1. The highest BCUT2D eigenvalue weighted by molar-refractivity contribution is 5.85. The third-order valence-corrected chi connectivity index (χ3v) is 3.93. The summed E-state index contributed by atoms with van der Waals surface area (Å²) in [5.41, 5.74) is 1.23. The molecule has 0 bridgehead atoms. The van der Waals surface area contributed by atoms with Crippen LogP contribution in [0.5, 0.6) is 5.75 Å². The van der Waals surface area contributed by atoms with Gasteiger partial charge >= 0.3 is 5.97 Å². The fourth-order valence-electron chi connectivity index (χ4n) is 2.51. The first-order valence-electron chi connectivity index (χ1n) is 7.22. The summed E-state index contributed by atoms with van der Waals surface area (Å²) in [6.45, 7) is 5.05. The molecule has 2 rings (SSSR count). The van der Waals surface area contributed by atoms with Crippen molar-refractivity contribution in [3.63, 3.8) is 0 Å². The van der Waals surface area contributed by atoms with Crippen molar-refractivity contribution in [1.82, 2.24) is 5.32 Å². The summed E-state index contributed by atoms with van der Waals surface area (Å²) < 4.78 is 10.8. The molecule has 0 aliphatic carbocycles. The number of hydrogen-bond acceptors (Lipinski definition) is 4. The number of methoxy groups -OCH3 is 1. The Morgan fingerprint density at radius 2 is 2.14 bits per heavy atom. The van der Waals surface area contributed by atoms with E-state index in [9.17, 15) is 4.79 Å². The summed E-state index contributed by atoms with van der Waals surface area (Å²) in [5, 5.41) is 3.14. The van der Waals surface area contributed by atoms with Crippen molar-refractivity contribution in [2.75, 3.05) is 13.7 Å². The number of benzene rings is 1. The van der Waals surface area contributed by atoms with Crippen molar-refractivity contribution >= 4 is 18.4 Å². The average molecular weight is 314 g/mol. The Morgan fingerprint density at radius 3 is 2.81 bits per heavy atom. The molecule has 1 aliphatic rings. The van der Waals surface area contributed by atoms with Gasteiger partial charge < -0.3 is 14.8 Å². The Hall–Kier alpha value is -1.26. The highest BCUT2D eigenvalue weighted by Gasteiger charge is 2.31. The second-order valence-electron chi connectivity index (χ2n) is 5.31. The summed E-state index contributed by atoms with van der Waals surface area (Å²) in [6, 6.07) is 7.90. The van der Waals surface area contributed by atoms with E-state index >= 15 is 0 Å². The second-order valence-corrected chi connectivity index (χ2v) is 5.31. The van der Waals surface area contributed by atoms with E-state index in [4.69, 9.17) is 9.47 Å². The zero-order valence-electron chi connectivity index (χ0n) is 12.8. The predicted molar refractivity (Wildman–Crippen MR) is 85.2 cm³/mol. The quantitative estimate of drug-likeness (QED) is 0.849. The Kier molecular flexibility index (Phi) is 6.99. The summed E-state index contributed by atoms with van der Waals surface area (Å²) in [5.74, 6) is 1.18. The molecule has 0 radical (unpaired) electrons. The van der Waals surface area contributed by atoms with Crippen LogP contribution in [-0.2, 0) is 9.53 Å². The highest BCUT2D eigenvalue weighted by atomic mass is 35.5. The van der Waals surface area contributed by atoms with Gasteiger partial charge in [0.15, 0.2) is 0 Å². The van der Waals surface area contributed by atoms with Gasteiger partial charge in [-0.1, -0.05) is 32.0 Å². The van der Waals surface area contributed by atoms with E-state index in [2.05, 4.69) is 25.2 Å². The van der Waals surface area contributed by atoms with Crippen LogP contribution in [0.1, 0.15) is 38.2 Å². The molecule has 5 heteroatoms. The number of carbonyl (C=O) groups excluding carboxylic acids is 1. The molecular weight excluding hydrogens is 290 g/mol. The molecule has 0 saturated carbocycles. The number of para-hydroxylation sites is 1. The molecule has 1 saturated heterocycles. The van der Waals surface area contributed by atoms with Gasteiger partial charge in [0.25, 0.3) is 0 Å². The lowest BCUT2D eigenvalue weighted by Crippen LogP contribution is -2.31. The Labute approximate surface area is 132 Å². The Bertz CT molecular complexity index is 467. The first-order valence-corrected chi connectivity index (χ1v) is 7.22. The number of rotatable bonds is 5. The van der Waals surface area contributed by atoms with Crippen LogP contribution in [0, 0.1) is 0 Å². The van der Waals surface area contributed by atoms with Crippen molar-refractivity contribution in [2.45, 2.75) is 44.8 Å². The topological polar surface area (TPSA) is 47.6 Å². The average Bonchev–Trinajstić information content (AvgIpc) is 2.94. The molecule has 1 unspecified atom stereocenters.